The number of hydrogen-bond donors (Lipinski definition) is 2. The molecule has 1 fully saturated rings. The molecule has 2 amide bonds. The van der Waals surface area contributed by atoms with E-state index in [0.717, 1.165) is 31.7 Å². The Morgan fingerprint density at radius 3 is 2.62 bits per heavy atom. The molecule has 0 aliphatic carbocycles. The van der Waals surface area contributed by atoms with Gasteiger partial charge in [-0.1, -0.05) is 12.8 Å². The summed E-state index contributed by atoms with van der Waals surface area (Å²) in [4.78, 5) is 27.2. The highest BCUT2D eigenvalue weighted by atomic mass is 16.5. The second kappa shape index (κ2) is 8.40. The van der Waals surface area contributed by atoms with Crippen molar-refractivity contribution in [2.75, 3.05) is 26.2 Å². The van der Waals surface area contributed by atoms with Gasteiger partial charge in [0.2, 0.25) is 0 Å². The van der Waals surface area contributed by atoms with Gasteiger partial charge in [-0.05, 0) is 51.9 Å². The molecule has 0 radical (unpaired) electrons. The molecule has 1 atom stereocenters. The molecule has 7 nitrogen and oxygen atoms in total. The molecule has 0 spiro atoms. The Balaban J connectivity index is 1.94. The molecule has 2 N–H and O–H groups in total. The van der Waals surface area contributed by atoms with Crippen LogP contribution in [0.4, 0.5) is 4.79 Å². The SMILES string of the molecule is CCOC(=O)C1=C(CN2CCCCCC2)NC(=O)N[C@@H]1c1ccc(C)o1. The van der Waals surface area contributed by atoms with E-state index in [2.05, 4.69) is 15.5 Å². The molecule has 0 unspecified atom stereocenters. The van der Waals surface area contributed by atoms with Crippen molar-refractivity contribution in [3.8, 4) is 0 Å². The molecule has 1 saturated heterocycles. The number of aryl methyl sites for hydroxylation is 1. The number of amides is 2. The van der Waals surface area contributed by atoms with Crippen molar-refractivity contribution in [1.82, 2.24) is 15.5 Å². The Morgan fingerprint density at radius 2 is 2.00 bits per heavy atom. The van der Waals surface area contributed by atoms with Crippen LogP contribution in [0, 0.1) is 6.92 Å². The summed E-state index contributed by atoms with van der Waals surface area (Å²) in [6, 6.07) is 2.63. The van der Waals surface area contributed by atoms with Crippen LogP contribution in [0.5, 0.6) is 0 Å². The molecular formula is C19H27N3O4. The van der Waals surface area contributed by atoms with Crippen molar-refractivity contribution in [1.29, 1.82) is 0 Å². The van der Waals surface area contributed by atoms with Gasteiger partial charge >= 0.3 is 12.0 Å². The maximum atomic E-state index is 12.7. The van der Waals surface area contributed by atoms with E-state index in [9.17, 15) is 9.59 Å². The summed E-state index contributed by atoms with van der Waals surface area (Å²) in [6.45, 7) is 6.34. The third-order valence-electron chi connectivity index (χ3n) is 4.78. The molecule has 26 heavy (non-hydrogen) atoms. The first-order valence-corrected chi connectivity index (χ1v) is 9.35. The van der Waals surface area contributed by atoms with E-state index in [1.54, 1.807) is 13.0 Å². The molecule has 0 saturated carbocycles. The summed E-state index contributed by atoms with van der Waals surface area (Å²) in [6.07, 6.45) is 4.72. The second-order valence-corrected chi connectivity index (χ2v) is 6.78. The van der Waals surface area contributed by atoms with Crippen molar-refractivity contribution >= 4 is 12.0 Å². The lowest BCUT2D eigenvalue weighted by Gasteiger charge is -2.30. The number of rotatable bonds is 5. The van der Waals surface area contributed by atoms with Crippen LogP contribution in [0.15, 0.2) is 27.8 Å². The van der Waals surface area contributed by atoms with Crippen molar-refractivity contribution in [3.63, 3.8) is 0 Å². The molecule has 3 heterocycles. The highest BCUT2D eigenvalue weighted by Crippen LogP contribution is 2.29. The molecule has 3 rings (SSSR count). The van der Waals surface area contributed by atoms with Crippen molar-refractivity contribution < 1.29 is 18.7 Å². The van der Waals surface area contributed by atoms with Crippen LogP contribution in [0.2, 0.25) is 0 Å². The fraction of sp³-hybridized carbons (Fsp3) is 0.579. The molecule has 2 aliphatic rings. The highest BCUT2D eigenvalue weighted by molar-refractivity contribution is 5.95. The first kappa shape index (κ1) is 18.5. The zero-order valence-electron chi connectivity index (χ0n) is 15.5. The normalized spacial score (nSPS) is 21.8. The van der Waals surface area contributed by atoms with Crippen LogP contribution in [-0.4, -0.2) is 43.1 Å². The smallest absolute Gasteiger partial charge is 0.338 e. The van der Waals surface area contributed by atoms with Crippen molar-refractivity contribution in [3.05, 3.63) is 34.9 Å². The Hall–Kier alpha value is -2.28. The minimum absolute atomic E-state index is 0.275. The summed E-state index contributed by atoms with van der Waals surface area (Å²) in [5, 5.41) is 5.62. The number of nitrogens with zero attached hydrogens (tertiary/aromatic N) is 1. The van der Waals surface area contributed by atoms with Gasteiger partial charge < -0.3 is 19.8 Å². The predicted octanol–water partition coefficient (Wildman–Crippen LogP) is 2.64. The average Bonchev–Trinajstić information content (AvgIpc) is 2.87. The lowest BCUT2D eigenvalue weighted by atomic mass is 9.99. The van der Waals surface area contributed by atoms with Gasteiger partial charge in [0.1, 0.15) is 17.6 Å². The number of urea groups is 1. The van der Waals surface area contributed by atoms with Crippen LogP contribution in [-0.2, 0) is 9.53 Å². The zero-order chi connectivity index (χ0) is 18.5. The van der Waals surface area contributed by atoms with E-state index >= 15 is 0 Å². The van der Waals surface area contributed by atoms with E-state index in [4.69, 9.17) is 9.15 Å². The second-order valence-electron chi connectivity index (χ2n) is 6.78. The first-order valence-electron chi connectivity index (χ1n) is 9.35. The number of ether oxygens (including phenoxy) is 1. The molecule has 2 aliphatic heterocycles. The monoisotopic (exact) mass is 361 g/mol. The number of carbonyl (C=O) groups excluding carboxylic acids is 2. The van der Waals surface area contributed by atoms with E-state index in [-0.39, 0.29) is 12.6 Å². The van der Waals surface area contributed by atoms with Gasteiger partial charge in [-0.15, -0.1) is 0 Å². The summed E-state index contributed by atoms with van der Waals surface area (Å²) in [5.41, 5.74) is 1.03. The maximum Gasteiger partial charge on any atom is 0.338 e. The van der Waals surface area contributed by atoms with E-state index in [1.165, 1.54) is 12.8 Å². The maximum absolute atomic E-state index is 12.7. The van der Waals surface area contributed by atoms with Crippen LogP contribution in [0.3, 0.4) is 0 Å². The fourth-order valence-electron chi connectivity index (χ4n) is 3.53. The Morgan fingerprint density at radius 1 is 1.27 bits per heavy atom. The Labute approximate surface area is 153 Å². The van der Waals surface area contributed by atoms with E-state index in [0.29, 0.717) is 23.6 Å². The Bertz CT molecular complexity index is 687. The van der Waals surface area contributed by atoms with E-state index < -0.39 is 12.0 Å². The van der Waals surface area contributed by atoms with Crippen molar-refractivity contribution in [2.24, 2.45) is 0 Å². The summed E-state index contributed by atoms with van der Waals surface area (Å²) < 4.78 is 11.0. The van der Waals surface area contributed by atoms with Crippen molar-refractivity contribution in [2.45, 2.75) is 45.6 Å². The highest BCUT2D eigenvalue weighted by Gasteiger charge is 2.36. The summed E-state index contributed by atoms with van der Waals surface area (Å²) in [7, 11) is 0. The molecule has 0 bridgehead atoms. The average molecular weight is 361 g/mol. The Kier molecular flexibility index (Phi) is 5.98. The third-order valence-corrected chi connectivity index (χ3v) is 4.78. The number of esters is 1. The number of carbonyl (C=O) groups is 2. The topological polar surface area (TPSA) is 83.8 Å². The fourth-order valence-corrected chi connectivity index (χ4v) is 3.53. The zero-order valence-corrected chi connectivity index (χ0v) is 15.5. The molecular weight excluding hydrogens is 334 g/mol. The molecule has 1 aromatic heterocycles. The minimum atomic E-state index is -0.640. The molecule has 7 heteroatoms. The number of furan rings is 1. The van der Waals surface area contributed by atoms with Gasteiger partial charge in [0.25, 0.3) is 0 Å². The summed E-state index contributed by atoms with van der Waals surface area (Å²) in [5.74, 6) is 0.836. The molecule has 142 valence electrons. The van der Waals surface area contributed by atoms with Crippen LogP contribution >= 0.6 is 0 Å². The van der Waals surface area contributed by atoms with Gasteiger partial charge in [0.05, 0.1) is 12.2 Å². The first-order chi connectivity index (χ1) is 12.6. The number of nitrogens with one attached hydrogen (secondary N) is 2. The molecule has 1 aromatic rings. The number of hydrogen-bond acceptors (Lipinski definition) is 5. The lowest BCUT2D eigenvalue weighted by molar-refractivity contribution is -0.139. The summed E-state index contributed by atoms with van der Waals surface area (Å²) >= 11 is 0. The van der Waals surface area contributed by atoms with Gasteiger partial charge in [-0.3, -0.25) is 4.90 Å². The van der Waals surface area contributed by atoms with Gasteiger partial charge in [0, 0.05) is 12.2 Å². The minimum Gasteiger partial charge on any atom is -0.464 e. The largest absolute Gasteiger partial charge is 0.464 e. The standard InChI is InChI=1S/C19H27N3O4/c1-3-25-18(23)16-14(12-22-10-6-4-5-7-11-22)20-19(24)21-17(16)15-9-8-13(2)26-15/h8-9,17H,3-7,10-12H2,1-2H3,(H2,20,21,24)/t17-/m1/s1. The van der Waals surface area contributed by atoms with Gasteiger partial charge in [0.15, 0.2) is 0 Å². The predicted molar refractivity (Wildman–Crippen MR) is 96.4 cm³/mol. The van der Waals surface area contributed by atoms with Crippen LogP contribution in [0.1, 0.15) is 50.2 Å². The van der Waals surface area contributed by atoms with Gasteiger partial charge in [-0.2, -0.15) is 0 Å². The lowest BCUT2D eigenvalue weighted by Crippen LogP contribution is -2.48. The van der Waals surface area contributed by atoms with Gasteiger partial charge in [-0.25, -0.2) is 9.59 Å². The number of likely N-dealkylation sites (tertiary alicyclic amines) is 1. The van der Waals surface area contributed by atoms with E-state index in [1.807, 2.05) is 13.0 Å². The third kappa shape index (κ3) is 4.27. The molecule has 0 aromatic carbocycles. The quantitative estimate of drug-likeness (QED) is 0.788. The van der Waals surface area contributed by atoms with Crippen LogP contribution in [0.25, 0.3) is 0 Å². The van der Waals surface area contributed by atoms with Crippen LogP contribution < -0.4 is 10.6 Å².